The SMILES string of the molecule is COc1c(C)cc(NC(CO)CCO)cc1C. The average molecular weight is 239 g/mol. The van der Waals surface area contributed by atoms with Gasteiger partial charge in [0.2, 0.25) is 0 Å². The van der Waals surface area contributed by atoms with Gasteiger partial charge in [0.05, 0.1) is 19.8 Å². The second-order valence-electron chi connectivity index (χ2n) is 4.18. The summed E-state index contributed by atoms with van der Waals surface area (Å²) in [6, 6.07) is 3.84. The molecule has 0 aliphatic rings. The third-order valence-electron chi connectivity index (χ3n) is 2.73. The van der Waals surface area contributed by atoms with E-state index in [-0.39, 0.29) is 19.3 Å². The summed E-state index contributed by atoms with van der Waals surface area (Å²) in [5, 5.41) is 21.2. The van der Waals surface area contributed by atoms with Crippen LogP contribution in [0.2, 0.25) is 0 Å². The lowest BCUT2D eigenvalue weighted by Crippen LogP contribution is -2.25. The van der Waals surface area contributed by atoms with Gasteiger partial charge in [0, 0.05) is 12.3 Å². The number of aryl methyl sites for hydroxylation is 2. The molecular formula is C13H21NO3. The molecule has 1 aromatic carbocycles. The Hall–Kier alpha value is -1.26. The third kappa shape index (κ3) is 3.61. The largest absolute Gasteiger partial charge is 0.496 e. The van der Waals surface area contributed by atoms with Gasteiger partial charge in [-0.3, -0.25) is 0 Å². The summed E-state index contributed by atoms with van der Waals surface area (Å²) < 4.78 is 5.29. The minimum absolute atomic E-state index is 0.00465. The van der Waals surface area contributed by atoms with Gasteiger partial charge in [-0.05, 0) is 43.5 Å². The summed E-state index contributed by atoms with van der Waals surface area (Å²) in [6.07, 6.45) is 0.528. The molecule has 4 heteroatoms. The minimum atomic E-state index is -0.118. The van der Waals surface area contributed by atoms with Gasteiger partial charge in [0.1, 0.15) is 5.75 Å². The molecule has 0 aliphatic carbocycles. The first-order valence-corrected chi connectivity index (χ1v) is 5.75. The van der Waals surface area contributed by atoms with E-state index in [9.17, 15) is 0 Å². The fourth-order valence-electron chi connectivity index (χ4n) is 1.96. The Morgan fingerprint density at radius 2 is 1.82 bits per heavy atom. The zero-order valence-corrected chi connectivity index (χ0v) is 10.7. The molecule has 0 fully saturated rings. The van der Waals surface area contributed by atoms with E-state index in [2.05, 4.69) is 5.32 Å². The molecule has 0 aliphatic heterocycles. The molecule has 1 atom stereocenters. The zero-order valence-electron chi connectivity index (χ0n) is 10.7. The maximum atomic E-state index is 9.16. The molecule has 1 unspecified atom stereocenters. The molecule has 0 heterocycles. The van der Waals surface area contributed by atoms with Crippen molar-refractivity contribution in [3.8, 4) is 5.75 Å². The van der Waals surface area contributed by atoms with Crippen LogP contribution in [0.15, 0.2) is 12.1 Å². The van der Waals surface area contributed by atoms with Gasteiger partial charge in [-0.25, -0.2) is 0 Å². The minimum Gasteiger partial charge on any atom is -0.496 e. The molecule has 0 saturated carbocycles. The van der Waals surface area contributed by atoms with Crippen molar-refractivity contribution in [1.82, 2.24) is 0 Å². The molecular weight excluding hydrogens is 218 g/mol. The molecule has 4 nitrogen and oxygen atoms in total. The molecule has 0 spiro atoms. The van der Waals surface area contributed by atoms with Crippen LogP contribution < -0.4 is 10.1 Å². The van der Waals surface area contributed by atoms with Gasteiger partial charge >= 0.3 is 0 Å². The van der Waals surface area contributed by atoms with Crippen molar-refractivity contribution >= 4 is 5.69 Å². The number of rotatable bonds is 6. The van der Waals surface area contributed by atoms with Crippen LogP contribution in [0.4, 0.5) is 5.69 Å². The molecule has 1 rings (SSSR count). The lowest BCUT2D eigenvalue weighted by atomic mass is 10.1. The molecule has 0 bridgehead atoms. The van der Waals surface area contributed by atoms with Crippen molar-refractivity contribution in [2.75, 3.05) is 25.6 Å². The molecule has 0 radical (unpaired) electrons. The second-order valence-corrected chi connectivity index (χ2v) is 4.18. The quantitative estimate of drug-likeness (QED) is 0.703. The molecule has 1 aromatic rings. The highest BCUT2D eigenvalue weighted by molar-refractivity contribution is 5.55. The number of hydrogen-bond acceptors (Lipinski definition) is 4. The van der Waals surface area contributed by atoms with Crippen molar-refractivity contribution in [2.24, 2.45) is 0 Å². The molecule has 0 amide bonds. The summed E-state index contributed by atoms with van der Waals surface area (Å²) >= 11 is 0. The van der Waals surface area contributed by atoms with E-state index in [0.29, 0.717) is 6.42 Å². The van der Waals surface area contributed by atoms with Gasteiger partial charge in [-0.15, -0.1) is 0 Å². The highest BCUT2D eigenvalue weighted by Crippen LogP contribution is 2.27. The lowest BCUT2D eigenvalue weighted by Gasteiger charge is -2.18. The lowest BCUT2D eigenvalue weighted by molar-refractivity contribution is 0.229. The summed E-state index contributed by atoms with van der Waals surface area (Å²) in [5.74, 6) is 0.887. The van der Waals surface area contributed by atoms with Crippen molar-refractivity contribution in [3.63, 3.8) is 0 Å². The van der Waals surface area contributed by atoms with Crippen LogP contribution in [-0.4, -0.2) is 36.6 Å². The van der Waals surface area contributed by atoms with Crippen LogP contribution in [0.25, 0.3) is 0 Å². The topological polar surface area (TPSA) is 61.7 Å². The van der Waals surface area contributed by atoms with Gasteiger partial charge in [-0.1, -0.05) is 0 Å². The van der Waals surface area contributed by atoms with Gasteiger partial charge < -0.3 is 20.3 Å². The van der Waals surface area contributed by atoms with E-state index in [1.54, 1.807) is 7.11 Å². The maximum absolute atomic E-state index is 9.16. The summed E-state index contributed by atoms with van der Waals surface area (Å²) in [4.78, 5) is 0. The van der Waals surface area contributed by atoms with Crippen molar-refractivity contribution < 1.29 is 14.9 Å². The number of nitrogens with one attached hydrogen (secondary N) is 1. The number of anilines is 1. The first kappa shape index (κ1) is 13.8. The van der Waals surface area contributed by atoms with Crippen molar-refractivity contribution in [3.05, 3.63) is 23.3 Å². The Morgan fingerprint density at radius 1 is 1.24 bits per heavy atom. The maximum Gasteiger partial charge on any atom is 0.124 e. The number of aliphatic hydroxyl groups excluding tert-OH is 2. The molecule has 0 aromatic heterocycles. The van der Waals surface area contributed by atoms with Crippen molar-refractivity contribution in [1.29, 1.82) is 0 Å². The number of benzene rings is 1. The predicted molar refractivity (Wildman–Crippen MR) is 68.7 cm³/mol. The van der Waals surface area contributed by atoms with E-state index < -0.39 is 0 Å². The van der Waals surface area contributed by atoms with Crippen LogP contribution >= 0.6 is 0 Å². The van der Waals surface area contributed by atoms with Crippen LogP contribution in [0.3, 0.4) is 0 Å². The zero-order chi connectivity index (χ0) is 12.8. The monoisotopic (exact) mass is 239 g/mol. The third-order valence-corrected chi connectivity index (χ3v) is 2.73. The summed E-state index contributed by atoms with van der Waals surface area (Å²) in [7, 11) is 1.66. The number of ether oxygens (including phenoxy) is 1. The first-order chi connectivity index (χ1) is 8.12. The van der Waals surface area contributed by atoms with Crippen LogP contribution in [-0.2, 0) is 0 Å². The predicted octanol–water partition coefficient (Wildman–Crippen LogP) is 1.47. The van der Waals surface area contributed by atoms with Crippen LogP contribution in [0.1, 0.15) is 17.5 Å². The van der Waals surface area contributed by atoms with Crippen molar-refractivity contribution in [2.45, 2.75) is 26.3 Å². The number of hydrogen-bond donors (Lipinski definition) is 3. The smallest absolute Gasteiger partial charge is 0.124 e. The Balaban J connectivity index is 2.85. The van der Waals surface area contributed by atoms with E-state index >= 15 is 0 Å². The van der Waals surface area contributed by atoms with E-state index in [0.717, 1.165) is 22.6 Å². The highest BCUT2D eigenvalue weighted by atomic mass is 16.5. The summed E-state index contributed by atoms with van der Waals surface area (Å²) in [5.41, 5.74) is 3.04. The van der Waals surface area contributed by atoms with E-state index in [4.69, 9.17) is 14.9 Å². The number of aliphatic hydroxyl groups is 2. The van der Waals surface area contributed by atoms with E-state index in [1.807, 2.05) is 26.0 Å². The molecule has 96 valence electrons. The van der Waals surface area contributed by atoms with Gasteiger partial charge in [-0.2, -0.15) is 0 Å². The summed E-state index contributed by atoms with van der Waals surface area (Å²) in [6.45, 7) is 4.03. The fourth-order valence-corrected chi connectivity index (χ4v) is 1.96. The normalized spacial score (nSPS) is 12.3. The molecule has 0 saturated heterocycles. The second kappa shape index (κ2) is 6.47. The van der Waals surface area contributed by atoms with E-state index in [1.165, 1.54) is 0 Å². The van der Waals surface area contributed by atoms with Gasteiger partial charge in [0.15, 0.2) is 0 Å². The Bertz CT molecular complexity index is 343. The standard InChI is InChI=1S/C13H21NO3/c1-9-6-12(7-10(2)13(9)17-3)14-11(8-16)4-5-15/h6-7,11,14-16H,4-5,8H2,1-3H3. The Morgan fingerprint density at radius 3 is 2.24 bits per heavy atom. The first-order valence-electron chi connectivity index (χ1n) is 5.75. The molecule has 3 N–H and O–H groups in total. The number of methoxy groups -OCH3 is 1. The fraction of sp³-hybridized carbons (Fsp3) is 0.538. The highest BCUT2D eigenvalue weighted by Gasteiger charge is 2.09. The Kier molecular flexibility index (Phi) is 5.25. The van der Waals surface area contributed by atoms with Crippen LogP contribution in [0, 0.1) is 13.8 Å². The molecule has 17 heavy (non-hydrogen) atoms. The van der Waals surface area contributed by atoms with Gasteiger partial charge in [0.25, 0.3) is 0 Å². The Labute approximate surface area is 102 Å². The average Bonchev–Trinajstić information content (AvgIpc) is 2.28. The van der Waals surface area contributed by atoms with Crippen LogP contribution in [0.5, 0.6) is 5.75 Å².